The van der Waals surface area contributed by atoms with Gasteiger partial charge in [-0.25, -0.2) is 0 Å². The van der Waals surface area contributed by atoms with E-state index in [9.17, 15) is 0 Å². The maximum atomic E-state index is 8.07. The molecule has 3 heteroatoms. The van der Waals surface area contributed by atoms with Gasteiger partial charge in [0.15, 0.2) is 0 Å². The van der Waals surface area contributed by atoms with E-state index in [1.165, 1.54) is 0 Å². The summed E-state index contributed by atoms with van der Waals surface area (Å²) in [6.07, 6.45) is 0. The standard InChI is InChI=1S/C4H10O2.C2H6O/c1-2-6-4-3-5;1-2-3/h5H,2-4H2,1H3;3H,2H2,1H3. The van der Waals surface area contributed by atoms with E-state index in [1.807, 2.05) is 6.92 Å². The maximum Gasteiger partial charge on any atom is 0.0697 e. The van der Waals surface area contributed by atoms with Crippen LogP contribution >= 0.6 is 0 Å². The zero-order valence-corrected chi connectivity index (χ0v) is 6.13. The average molecular weight is 136 g/mol. The summed E-state index contributed by atoms with van der Waals surface area (Å²) in [4.78, 5) is 0. The van der Waals surface area contributed by atoms with Gasteiger partial charge >= 0.3 is 0 Å². The third kappa shape index (κ3) is 32.8. The maximum absolute atomic E-state index is 8.07. The molecule has 0 radical (unpaired) electrons. The Morgan fingerprint density at radius 1 is 1.22 bits per heavy atom. The molecule has 0 atom stereocenters. The number of hydrogen-bond donors (Lipinski definition) is 2. The van der Waals surface area contributed by atoms with E-state index >= 15 is 0 Å². The summed E-state index contributed by atoms with van der Waals surface area (Å²) in [6.45, 7) is 5.13. The number of aliphatic hydroxyl groups is 2. The van der Waals surface area contributed by atoms with Gasteiger partial charge < -0.3 is 14.9 Å². The highest BCUT2D eigenvalue weighted by Gasteiger charge is 1.73. The predicted molar refractivity (Wildman–Crippen MR) is 36.3 cm³/mol. The molecule has 0 aliphatic carbocycles. The minimum Gasteiger partial charge on any atom is -0.397 e. The first-order chi connectivity index (χ1) is 4.33. The van der Waals surface area contributed by atoms with Gasteiger partial charge in [-0.15, -0.1) is 0 Å². The van der Waals surface area contributed by atoms with E-state index in [0.29, 0.717) is 13.2 Å². The van der Waals surface area contributed by atoms with E-state index in [-0.39, 0.29) is 13.2 Å². The monoisotopic (exact) mass is 136 g/mol. The molecule has 0 fully saturated rings. The lowest BCUT2D eigenvalue weighted by Crippen LogP contribution is -1.96. The van der Waals surface area contributed by atoms with Crippen LogP contribution in [0.25, 0.3) is 0 Å². The molecular weight excluding hydrogens is 120 g/mol. The van der Waals surface area contributed by atoms with Crippen LogP contribution in [0.1, 0.15) is 13.8 Å². The topological polar surface area (TPSA) is 49.7 Å². The number of ether oxygens (including phenoxy) is 1. The molecule has 0 rings (SSSR count). The van der Waals surface area contributed by atoms with Crippen molar-refractivity contribution >= 4 is 0 Å². The van der Waals surface area contributed by atoms with Crippen LogP contribution in [-0.2, 0) is 4.74 Å². The normalized spacial score (nSPS) is 8.00. The van der Waals surface area contributed by atoms with Crippen molar-refractivity contribution < 1.29 is 14.9 Å². The van der Waals surface area contributed by atoms with Crippen molar-refractivity contribution in [2.75, 3.05) is 26.4 Å². The smallest absolute Gasteiger partial charge is 0.0697 e. The fraction of sp³-hybridized carbons (Fsp3) is 1.00. The second kappa shape index (κ2) is 15.7. The molecule has 58 valence electrons. The second-order valence-corrected chi connectivity index (χ2v) is 1.24. The van der Waals surface area contributed by atoms with Crippen molar-refractivity contribution in [1.82, 2.24) is 0 Å². The quantitative estimate of drug-likeness (QED) is 0.537. The molecule has 0 spiro atoms. The highest BCUT2D eigenvalue weighted by atomic mass is 16.5. The van der Waals surface area contributed by atoms with E-state index in [2.05, 4.69) is 0 Å². The van der Waals surface area contributed by atoms with Gasteiger partial charge in [0.2, 0.25) is 0 Å². The Labute approximate surface area is 56.3 Å². The van der Waals surface area contributed by atoms with Crippen molar-refractivity contribution in [2.45, 2.75) is 13.8 Å². The molecule has 0 aromatic heterocycles. The Morgan fingerprint density at radius 2 is 1.67 bits per heavy atom. The van der Waals surface area contributed by atoms with Crippen LogP contribution in [0.3, 0.4) is 0 Å². The van der Waals surface area contributed by atoms with E-state index < -0.39 is 0 Å². The van der Waals surface area contributed by atoms with Gasteiger partial charge in [0, 0.05) is 13.2 Å². The summed E-state index contributed by atoms with van der Waals surface area (Å²) in [5, 5.41) is 15.6. The minimum atomic E-state index is 0.133. The molecule has 2 N–H and O–H groups in total. The molecule has 0 aliphatic heterocycles. The fourth-order valence-electron chi connectivity index (χ4n) is 0.209. The van der Waals surface area contributed by atoms with Gasteiger partial charge in [-0.2, -0.15) is 0 Å². The third-order valence-corrected chi connectivity index (χ3v) is 0.440. The number of aliphatic hydroxyl groups excluding tert-OH is 2. The van der Waals surface area contributed by atoms with E-state index in [0.717, 1.165) is 0 Å². The fourth-order valence-corrected chi connectivity index (χ4v) is 0.209. The van der Waals surface area contributed by atoms with Crippen LogP contribution in [0.2, 0.25) is 0 Å². The zero-order valence-electron chi connectivity index (χ0n) is 6.13. The summed E-state index contributed by atoms with van der Waals surface area (Å²) in [6, 6.07) is 0. The molecular formula is C6H16O3. The van der Waals surface area contributed by atoms with Crippen molar-refractivity contribution in [3.05, 3.63) is 0 Å². The van der Waals surface area contributed by atoms with Crippen molar-refractivity contribution in [2.24, 2.45) is 0 Å². The molecule has 9 heavy (non-hydrogen) atoms. The van der Waals surface area contributed by atoms with Crippen LogP contribution in [0.5, 0.6) is 0 Å². The van der Waals surface area contributed by atoms with Gasteiger partial charge in [-0.05, 0) is 13.8 Å². The molecule has 0 aliphatic rings. The Bertz CT molecular complexity index is 27.5. The summed E-state index contributed by atoms with van der Waals surface area (Å²) in [5.74, 6) is 0. The molecule has 0 aromatic rings. The molecule has 3 nitrogen and oxygen atoms in total. The van der Waals surface area contributed by atoms with E-state index in [4.69, 9.17) is 14.9 Å². The minimum absolute atomic E-state index is 0.133. The highest BCUT2D eigenvalue weighted by molar-refractivity contribution is 4.18. The summed E-state index contributed by atoms with van der Waals surface area (Å²) < 4.78 is 4.73. The lowest BCUT2D eigenvalue weighted by atomic mass is 10.8. The predicted octanol–water partition coefficient (Wildman–Crippen LogP) is 0.0138. The summed E-state index contributed by atoms with van der Waals surface area (Å²) in [7, 11) is 0. The lowest BCUT2D eigenvalue weighted by Gasteiger charge is -1.91. The molecule has 0 saturated carbocycles. The first kappa shape index (κ1) is 11.6. The van der Waals surface area contributed by atoms with Crippen LogP contribution in [0.15, 0.2) is 0 Å². The van der Waals surface area contributed by atoms with Gasteiger partial charge in [-0.3, -0.25) is 0 Å². The molecule has 0 bridgehead atoms. The zero-order chi connectivity index (χ0) is 7.54. The van der Waals surface area contributed by atoms with Crippen molar-refractivity contribution in [3.8, 4) is 0 Å². The Kier molecular flexibility index (Phi) is 20.3. The Morgan fingerprint density at radius 3 is 1.78 bits per heavy atom. The molecule has 0 unspecified atom stereocenters. The molecule has 0 aromatic carbocycles. The van der Waals surface area contributed by atoms with Gasteiger partial charge in [0.05, 0.1) is 13.2 Å². The van der Waals surface area contributed by atoms with Gasteiger partial charge in [0.1, 0.15) is 0 Å². The first-order valence-corrected chi connectivity index (χ1v) is 3.12. The number of hydrogen-bond acceptors (Lipinski definition) is 3. The lowest BCUT2D eigenvalue weighted by molar-refractivity contribution is 0.102. The van der Waals surface area contributed by atoms with Crippen LogP contribution in [0, 0.1) is 0 Å². The van der Waals surface area contributed by atoms with E-state index in [1.54, 1.807) is 6.92 Å². The number of rotatable bonds is 3. The van der Waals surface area contributed by atoms with Crippen LogP contribution in [-0.4, -0.2) is 36.6 Å². The molecule has 0 saturated heterocycles. The average Bonchev–Trinajstić information content (AvgIpc) is 1.86. The van der Waals surface area contributed by atoms with Gasteiger partial charge in [-0.1, -0.05) is 0 Å². The summed E-state index contributed by atoms with van der Waals surface area (Å²) >= 11 is 0. The largest absolute Gasteiger partial charge is 0.397 e. The highest BCUT2D eigenvalue weighted by Crippen LogP contribution is 1.66. The van der Waals surface area contributed by atoms with Crippen molar-refractivity contribution in [1.29, 1.82) is 0 Å². The first-order valence-electron chi connectivity index (χ1n) is 3.12. The van der Waals surface area contributed by atoms with Crippen LogP contribution in [0.4, 0.5) is 0 Å². The molecule has 0 heterocycles. The summed E-state index contributed by atoms with van der Waals surface area (Å²) in [5.41, 5.74) is 0. The third-order valence-electron chi connectivity index (χ3n) is 0.440. The molecule has 0 amide bonds. The Hall–Kier alpha value is -0.120. The second-order valence-electron chi connectivity index (χ2n) is 1.24. The van der Waals surface area contributed by atoms with Gasteiger partial charge in [0.25, 0.3) is 0 Å². The Balaban J connectivity index is 0. The van der Waals surface area contributed by atoms with Crippen LogP contribution < -0.4 is 0 Å². The SMILES string of the molecule is CCO.CCOCCO. The van der Waals surface area contributed by atoms with Crippen molar-refractivity contribution in [3.63, 3.8) is 0 Å².